The topological polar surface area (TPSA) is 68.6 Å². The van der Waals surface area contributed by atoms with Crippen molar-refractivity contribution in [3.63, 3.8) is 0 Å². The summed E-state index contributed by atoms with van der Waals surface area (Å²) in [6.45, 7) is 4.10. The van der Waals surface area contributed by atoms with Gasteiger partial charge in [-0.25, -0.2) is 4.79 Å². The Labute approximate surface area is 221 Å². The Bertz CT molecular complexity index is 1470. The number of methoxy groups -OCH3 is 2. The molecule has 188 valence electrons. The van der Waals surface area contributed by atoms with Gasteiger partial charge in [0, 0.05) is 17.6 Å². The van der Waals surface area contributed by atoms with Crippen molar-refractivity contribution in [1.29, 1.82) is 0 Å². The Morgan fingerprint density at radius 2 is 1.68 bits per heavy atom. The molecule has 0 amide bonds. The van der Waals surface area contributed by atoms with Crippen molar-refractivity contribution >= 4 is 29.0 Å². The zero-order chi connectivity index (χ0) is 26.1. The molecule has 1 saturated heterocycles. The van der Waals surface area contributed by atoms with Gasteiger partial charge in [-0.05, 0) is 74.1 Å². The zero-order valence-electron chi connectivity index (χ0n) is 21.1. The number of esters is 1. The molecule has 2 aromatic heterocycles. The Morgan fingerprint density at radius 3 is 2.38 bits per heavy atom. The molecule has 1 fully saturated rings. The highest BCUT2D eigenvalue weighted by molar-refractivity contribution is 7.80. The van der Waals surface area contributed by atoms with Crippen molar-refractivity contribution in [3.05, 3.63) is 107 Å². The van der Waals surface area contributed by atoms with Crippen LogP contribution in [0.3, 0.4) is 0 Å². The molecule has 1 aliphatic heterocycles. The molecule has 2 atom stereocenters. The molecule has 0 radical (unpaired) electrons. The molecule has 1 N–H and O–H groups in total. The molecule has 7 nitrogen and oxygen atoms in total. The highest BCUT2D eigenvalue weighted by Gasteiger charge is 2.43. The molecule has 0 aliphatic carbocycles. The van der Waals surface area contributed by atoms with Crippen LogP contribution in [0, 0.1) is 13.8 Å². The molecule has 1 aliphatic rings. The van der Waals surface area contributed by atoms with Gasteiger partial charge in [0.05, 0.1) is 48.9 Å². The van der Waals surface area contributed by atoms with Crippen LogP contribution in [0.15, 0.2) is 79.0 Å². The van der Waals surface area contributed by atoms with E-state index in [-0.39, 0.29) is 18.1 Å². The van der Waals surface area contributed by atoms with Crippen LogP contribution in [-0.2, 0) is 4.74 Å². The van der Waals surface area contributed by atoms with Gasteiger partial charge in [-0.1, -0.05) is 30.3 Å². The molecule has 0 spiro atoms. The standard InChI is InChI=1S/C29H28N4O3S/c1-18-17-21(19(2)32(18)23-13-6-5-11-20(23)28(34)36-4)27-26(22-12-9-10-16-30-22)31-29(37)33(27)24-14-7-8-15-25(24)35-3/h5-17,26-27H,1-4H3,(H,31,37)/t26-,27+/m1/s1. The number of hydrogen-bond donors (Lipinski definition) is 1. The third-order valence-electron chi connectivity index (χ3n) is 6.78. The van der Waals surface area contributed by atoms with E-state index >= 15 is 0 Å². The van der Waals surface area contributed by atoms with Gasteiger partial charge in [0.1, 0.15) is 5.75 Å². The molecular weight excluding hydrogens is 484 g/mol. The Kier molecular flexibility index (Phi) is 6.67. The van der Waals surface area contributed by atoms with Gasteiger partial charge in [-0.15, -0.1) is 0 Å². The van der Waals surface area contributed by atoms with E-state index in [1.165, 1.54) is 7.11 Å². The number of pyridine rings is 1. The van der Waals surface area contributed by atoms with Crippen molar-refractivity contribution in [2.24, 2.45) is 0 Å². The van der Waals surface area contributed by atoms with E-state index in [1.54, 1.807) is 19.4 Å². The van der Waals surface area contributed by atoms with Crippen LogP contribution in [0.1, 0.15) is 45.1 Å². The second kappa shape index (κ2) is 10.1. The molecule has 0 unspecified atom stereocenters. The summed E-state index contributed by atoms with van der Waals surface area (Å²) in [4.78, 5) is 19.3. The lowest BCUT2D eigenvalue weighted by Crippen LogP contribution is -2.30. The zero-order valence-corrected chi connectivity index (χ0v) is 22.0. The second-order valence-electron chi connectivity index (χ2n) is 8.84. The summed E-state index contributed by atoms with van der Waals surface area (Å²) >= 11 is 5.89. The second-order valence-corrected chi connectivity index (χ2v) is 9.23. The number of benzene rings is 2. The number of carbonyl (C=O) groups excluding carboxylic acids is 1. The number of carbonyl (C=O) groups is 1. The predicted molar refractivity (Wildman–Crippen MR) is 148 cm³/mol. The fourth-order valence-electron chi connectivity index (χ4n) is 5.17. The predicted octanol–water partition coefficient (Wildman–Crippen LogP) is 5.46. The third kappa shape index (κ3) is 4.23. The first kappa shape index (κ1) is 24.5. The minimum absolute atomic E-state index is 0.205. The first-order valence-electron chi connectivity index (χ1n) is 12.0. The third-order valence-corrected chi connectivity index (χ3v) is 7.10. The summed E-state index contributed by atoms with van der Waals surface area (Å²) in [6.07, 6.45) is 1.79. The lowest BCUT2D eigenvalue weighted by atomic mass is 9.96. The Morgan fingerprint density at radius 1 is 0.973 bits per heavy atom. The maximum atomic E-state index is 12.6. The van der Waals surface area contributed by atoms with E-state index in [0.29, 0.717) is 10.7 Å². The molecular formula is C29H28N4O3S. The van der Waals surface area contributed by atoms with Crippen molar-refractivity contribution in [2.45, 2.75) is 25.9 Å². The van der Waals surface area contributed by atoms with Crippen LogP contribution >= 0.6 is 12.2 Å². The van der Waals surface area contributed by atoms with Crippen molar-refractivity contribution in [1.82, 2.24) is 14.9 Å². The van der Waals surface area contributed by atoms with Crippen molar-refractivity contribution in [2.75, 3.05) is 19.1 Å². The molecule has 2 aromatic carbocycles. The molecule has 5 rings (SSSR count). The number of rotatable bonds is 6. The smallest absolute Gasteiger partial charge is 0.339 e. The number of aryl methyl sites for hydroxylation is 1. The maximum absolute atomic E-state index is 12.6. The fourth-order valence-corrected chi connectivity index (χ4v) is 5.51. The number of ether oxygens (including phenoxy) is 2. The van der Waals surface area contributed by atoms with Crippen LogP contribution in [0.5, 0.6) is 5.75 Å². The summed E-state index contributed by atoms with van der Waals surface area (Å²) in [5.41, 5.74) is 6.06. The van der Waals surface area contributed by atoms with Crippen LogP contribution in [0.4, 0.5) is 5.69 Å². The number of anilines is 1. The van der Waals surface area contributed by atoms with Crippen molar-refractivity contribution in [3.8, 4) is 11.4 Å². The van der Waals surface area contributed by atoms with Crippen LogP contribution < -0.4 is 15.0 Å². The van der Waals surface area contributed by atoms with Crippen LogP contribution in [0.2, 0.25) is 0 Å². The van der Waals surface area contributed by atoms with Gasteiger partial charge in [0.2, 0.25) is 0 Å². The monoisotopic (exact) mass is 512 g/mol. The summed E-state index contributed by atoms with van der Waals surface area (Å²) in [5, 5.41) is 4.10. The Hall–Kier alpha value is -4.17. The highest BCUT2D eigenvalue weighted by Crippen LogP contribution is 2.46. The number of hydrogen-bond acceptors (Lipinski definition) is 5. The molecule has 37 heavy (non-hydrogen) atoms. The summed E-state index contributed by atoms with van der Waals surface area (Å²) in [5.74, 6) is 0.346. The fraction of sp³-hybridized carbons (Fsp3) is 0.207. The maximum Gasteiger partial charge on any atom is 0.339 e. The summed E-state index contributed by atoms with van der Waals surface area (Å²) in [7, 11) is 3.06. The normalized spacial score (nSPS) is 17.0. The van der Waals surface area contributed by atoms with E-state index < -0.39 is 0 Å². The summed E-state index contributed by atoms with van der Waals surface area (Å²) in [6, 6.07) is 22.9. The van der Waals surface area contributed by atoms with Crippen molar-refractivity contribution < 1.29 is 14.3 Å². The van der Waals surface area contributed by atoms with Gasteiger partial charge < -0.3 is 24.3 Å². The van der Waals surface area contributed by atoms with Gasteiger partial charge in [0.15, 0.2) is 5.11 Å². The van der Waals surface area contributed by atoms with Gasteiger partial charge >= 0.3 is 5.97 Å². The van der Waals surface area contributed by atoms with Crippen LogP contribution in [-0.4, -0.2) is 34.9 Å². The first-order chi connectivity index (χ1) is 18.0. The number of aromatic nitrogens is 2. The van der Waals surface area contributed by atoms with E-state index in [0.717, 1.165) is 39.8 Å². The minimum atomic E-state index is -0.379. The highest BCUT2D eigenvalue weighted by atomic mass is 32.1. The molecule has 3 heterocycles. The van der Waals surface area contributed by atoms with E-state index in [1.807, 2.05) is 67.6 Å². The van der Waals surface area contributed by atoms with Gasteiger partial charge in [0.25, 0.3) is 0 Å². The van der Waals surface area contributed by atoms with E-state index in [4.69, 9.17) is 21.7 Å². The lowest BCUT2D eigenvalue weighted by Gasteiger charge is -2.29. The van der Waals surface area contributed by atoms with E-state index in [2.05, 4.69) is 32.8 Å². The minimum Gasteiger partial charge on any atom is -0.495 e. The number of nitrogens with one attached hydrogen (secondary N) is 1. The lowest BCUT2D eigenvalue weighted by molar-refractivity contribution is 0.0600. The molecule has 0 bridgehead atoms. The number of nitrogens with zero attached hydrogens (tertiary/aromatic N) is 3. The molecule has 4 aromatic rings. The summed E-state index contributed by atoms with van der Waals surface area (Å²) < 4.78 is 12.9. The SMILES string of the molecule is COC(=O)c1ccccc1-n1c(C)cc([C@H]2[C@@H](c3ccccn3)NC(=S)N2c2ccccc2OC)c1C. The van der Waals surface area contributed by atoms with Gasteiger partial charge in [-0.3, -0.25) is 4.98 Å². The average molecular weight is 513 g/mol. The Balaban J connectivity index is 1.72. The number of thiocarbonyl (C=S) groups is 1. The largest absolute Gasteiger partial charge is 0.495 e. The van der Waals surface area contributed by atoms with Crippen LogP contribution in [0.25, 0.3) is 5.69 Å². The quantitative estimate of drug-likeness (QED) is 0.272. The first-order valence-corrected chi connectivity index (χ1v) is 12.4. The average Bonchev–Trinajstić information content (AvgIpc) is 3.43. The molecule has 8 heteroatoms. The molecule has 0 saturated carbocycles. The number of para-hydroxylation sites is 3. The van der Waals surface area contributed by atoms with E-state index in [9.17, 15) is 4.79 Å². The van der Waals surface area contributed by atoms with Gasteiger partial charge in [-0.2, -0.15) is 0 Å².